The molecule has 102 valence electrons. The molecule has 2 amide bonds. The number of carbonyl (C=O) groups excluding carboxylic acids is 2. The summed E-state index contributed by atoms with van der Waals surface area (Å²) < 4.78 is 0. The van der Waals surface area contributed by atoms with E-state index in [2.05, 4.69) is 11.9 Å². The highest BCUT2D eigenvalue weighted by Gasteiger charge is 2.28. The zero-order valence-electron chi connectivity index (χ0n) is 10.8. The second-order valence-electron chi connectivity index (χ2n) is 4.60. The number of nitrogens with zero attached hydrogens (tertiary/aromatic N) is 1. The van der Waals surface area contributed by atoms with Crippen LogP contribution in [0.25, 0.3) is 0 Å². The SMILES string of the molecule is C=CCNC(=O)C1CCCN(C(=O)c2cccs2)C1. The van der Waals surface area contributed by atoms with Crippen molar-refractivity contribution in [2.45, 2.75) is 12.8 Å². The Morgan fingerprint density at radius 2 is 2.42 bits per heavy atom. The van der Waals surface area contributed by atoms with Crippen molar-refractivity contribution in [2.24, 2.45) is 5.92 Å². The van der Waals surface area contributed by atoms with Gasteiger partial charge in [-0.1, -0.05) is 12.1 Å². The van der Waals surface area contributed by atoms with E-state index in [1.165, 1.54) is 11.3 Å². The molecule has 1 aromatic rings. The lowest BCUT2D eigenvalue weighted by molar-refractivity contribution is -0.126. The van der Waals surface area contributed by atoms with E-state index in [0.29, 0.717) is 13.1 Å². The van der Waals surface area contributed by atoms with Crippen molar-refractivity contribution in [1.82, 2.24) is 10.2 Å². The van der Waals surface area contributed by atoms with E-state index in [-0.39, 0.29) is 17.7 Å². The highest BCUT2D eigenvalue weighted by atomic mass is 32.1. The Morgan fingerprint density at radius 3 is 3.11 bits per heavy atom. The van der Waals surface area contributed by atoms with E-state index in [4.69, 9.17) is 0 Å². The Kier molecular flexibility index (Phi) is 4.74. The first-order chi connectivity index (χ1) is 9.22. The molecule has 1 fully saturated rings. The van der Waals surface area contributed by atoms with E-state index < -0.39 is 0 Å². The number of carbonyl (C=O) groups is 2. The number of amides is 2. The molecule has 0 spiro atoms. The van der Waals surface area contributed by atoms with Gasteiger partial charge in [0.15, 0.2) is 0 Å². The smallest absolute Gasteiger partial charge is 0.263 e. The lowest BCUT2D eigenvalue weighted by atomic mass is 9.97. The van der Waals surface area contributed by atoms with Crippen LogP contribution in [0, 0.1) is 5.92 Å². The molecule has 1 unspecified atom stereocenters. The molecular weight excluding hydrogens is 260 g/mol. The highest BCUT2D eigenvalue weighted by molar-refractivity contribution is 7.12. The van der Waals surface area contributed by atoms with E-state index in [9.17, 15) is 9.59 Å². The van der Waals surface area contributed by atoms with Gasteiger partial charge in [-0.05, 0) is 24.3 Å². The average molecular weight is 278 g/mol. The predicted molar refractivity (Wildman–Crippen MR) is 76.2 cm³/mol. The largest absolute Gasteiger partial charge is 0.352 e. The third kappa shape index (κ3) is 3.44. The van der Waals surface area contributed by atoms with Crippen LogP contribution in [0.3, 0.4) is 0 Å². The van der Waals surface area contributed by atoms with E-state index in [0.717, 1.165) is 24.3 Å². The Bertz CT molecular complexity index is 456. The van der Waals surface area contributed by atoms with E-state index in [1.807, 2.05) is 17.5 Å². The van der Waals surface area contributed by atoms with Gasteiger partial charge in [0.2, 0.25) is 5.91 Å². The fourth-order valence-corrected chi connectivity index (χ4v) is 2.94. The van der Waals surface area contributed by atoms with Crippen molar-refractivity contribution in [3.63, 3.8) is 0 Å². The van der Waals surface area contributed by atoms with Gasteiger partial charge in [0.05, 0.1) is 10.8 Å². The molecule has 0 aliphatic carbocycles. The topological polar surface area (TPSA) is 49.4 Å². The van der Waals surface area contributed by atoms with Crippen LogP contribution in [-0.2, 0) is 4.79 Å². The summed E-state index contributed by atoms with van der Waals surface area (Å²) >= 11 is 1.44. The number of hydrogen-bond acceptors (Lipinski definition) is 3. The van der Waals surface area contributed by atoms with Gasteiger partial charge in [0, 0.05) is 19.6 Å². The van der Waals surface area contributed by atoms with E-state index in [1.54, 1.807) is 11.0 Å². The van der Waals surface area contributed by atoms with Crippen LogP contribution in [0.2, 0.25) is 0 Å². The summed E-state index contributed by atoms with van der Waals surface area (Å²) in [5, 5.41) is 4.70. The predicted octanol–water partition coefficient (Wildman–Crippen LogP) is 1.90. The lowest BCUT2D eigenvalue weighted by Crippen LogP contribution is -2.45. The van der Waals surface area contributed by atoms with Crippen LogP contribution in [0.15, 0.2) is 30.2 Å². The molecule has 1 N–H and O–H groups in total. The van der Waals surface area contributed by atoms with Gasteiger partial charge in [-0.2, -0.15) is 0 Å². The third-order valence-corrected chi connectivity index (χ3v) is 4.09. The van der Waals surface area contributed by atoms with Crippen molar-refractivity contribution in [3.8, 4) is 0 Å². The molecule has 1 aliphatic heterocycles. The first kappa shape index (κ1) is 13.8. The number of nitrogens with one attached hydrogen (secondary N) is 1. The van der Waals surface area contributed by atoms with Gasteiger partial charge in [0.25, 0.3) is 5.91 Å². The second kappa shape index (κ2) is 6.52. The van der Waals surface area contributed by atoms with Crippen LogP contribution in [0.5, 0.6) is 0 Å². The number of likely N-dealkylation sites (tertiary alicyclic amines) is 1. The van der Waals surface area contributed by atoms with Crippen LogP contribution in [0.1, 0.15) is 22.5 Å². The summed E-state index contributed by atoms with van der Waals surface area (Å²) in [5.41, 5.74) is 0. The van der Waals surface area contributed by atoms with Gasteiger partial charge in [-0.25, -0.2) is 0 Å². The van der Waals surface area contributed by atoms with Gasteiger partial charge < -0.3 is 10.2 Å². The molecule has 4 nitrogen and oxygen atoms in total. The summed E-state index contributed by atoms with van der Waals surface area (Å²) in [7, 11) is 0. The fraction of sp³-hybridized carbons (Fsp3) is 0.429. The quantitative estimate of drug-likeness (QED) is 0.855. The van der Waals surface area contributed by atoms with Crippen molar-refractivity contribution in [2.75, 3.05) is 19.6 Å². The molecule has 0 aromatic carbocycles. The summed E-state index contributed by atoms with van der Waals surface area (Å²) in [6, 6.07) is 3.70. The van der Waals surface area contributed by atoms with Crippen molar-refractivity contribution < 1.29 is 9.59 Å². The molecular formula is C14H18N2O2S. The first-order valence-corrected chi connectivity index (χ1v) is 7.31. The minimum atomic E-state index is -0.0994. The van der Waals surface area contributed by atoms with Gasteiger partial charge >= 0.3 is 0 Å². The Balaban J connectivity index is 1.95. The van der Waals surface area contributed by atoms with Crippen LogP contribution in [0.4, 0.5) is 0 Å². The lowest BCUT2D eigenvalue weighted by Gasteiger charge is -2.31. The zero-order valence-corrected chi connectivity index (χ0v) is 11.6. The Morgan fingerprint density at radius 1 is 1.58 bits per heavy atom. The maximum Gasteiger partial charge on any atom is 0.263 e. The molecule has 1 atom stereocenters. The number of thiophene rings is 1. The summed E-state index contributed by atoms with van der Waals surface area (Å²) in [4.78, 5) is 26.7. The van der Waals surface area contributed by atoms with Crippen LogP contribution < -0.4 is 5.32 Å². The van der Waals surface area contributed by atoms with Gasteiger partial charge in [-0.3, -0.25) is 9.59 Å². The maximum absolute atomic E-state index is 12.2. The standard InChI is InChI=1S/C14H18N2O2S/c1-2-7-15-13(17)11-5-3-8-16(10-11)14(18)12-6-4-9-19-12/h2,4,6,9,11H,1,3,5,7-8,10H2,(H,15,17). The minimum absolute atomic E-state index is 0.0172. The molecule has 1 aromatic heterocycles. The molecule has 0 saturated carbocycles. The normalized spacial score (nSPS) is 18.9. The summed E-state index contributed by atoms with van der Waals surface area (Å²) in [6.07, 6.45) is 3.38. The van der Waals surface area contributed by atoms with Crippen molar-refractivity contribution in [3.05, 3.63) is 35.0 Å². The van der Waals surface area contributed by atoms with E-state index >= 15 is 0 Å². The Labute approximate surface area is 117 Å². The molecule has 5 heteroatoms. The molecule has 2 rings (SSSR count). The fourth-order valence-electron chi connectivity index (χ4n) is 2.25. The average Bonchev–Trinajstić information content (AvgIpc) is 2.98. The highest BCUT2D eigenvalue weighted by Crippen LogP contribution is 2.20. The van der Waals surface area contributed by atoms with Crippen molar-refractivity contribution in [1.29, 1.82) is 0 Å². The summed E-state index contributed by atoms with van der Waals surface area (Å²) in [5.74, 6) is -0.0441. The second-order valence-corrected chi connectivity index (χ2v) is 5.55. The monoisotopic (exact) mass is 278 g/mol. The molecule has 0 bridgehead atoms. The van der Waals surface area contributed by atoms with Crippen molar-refractivity contribution >= 4 is 23.2 Å². The Hall–Kier alpha value is -1.62. The number of hydrogen-bond donors (Lipinski definition) is 1. The van der Waals surface area contributed by atoms with Gasteiger partial charge in [0.1, 0.15) is 0 Å². The number of piperidine rings is 1. The number of rotatable bonds is 4. The summed E-state index contributed by atoms with van der Waals surface area (Å²) in [6.45, 7) is 5.31. The third-order valence-electron chi connectivity index (χ3n) is 3.23. The molecule has 19 heavy (non-hydrogen) atoms. The molecule has 1 aliphatic rings. The maximum atomic E-state index is 12.2. The van der Waals surface area contributed by atoms with Crippen LogP contribution >= 0.6 is 11.3 Å². The minimum Gasteiger partial charge on any atom is -0.352 e. The zero-order chi connectivity index (χ0) is 13.7. The molecule has 1 saturated heterocycles. The first-order valence-electron chi connectivity index (χ1n) is 6.43. The van der Waals surface area contributed by atoms with Crippen LogP contribution in [-0.4, -0.2) is 36.3 Å². The molecule has 0 radical (unpaired) electrons. The van der Waals surface area contributed by atoms with Gasteiger partial charge in [-0.15, -0.1) is 17.9 Å². The molecule has 2 heterocycles.